The van der Waals surface area contributed by atoms with Crippen molar-refractivity contribution in [2.45, 2.75) is 38.1 Å². The normalized spacial score (nSPS) is 16.5. The van der Waals surface area contributed by atoms with Gasteiger partial charge in [-0.15, -0.1) is 0 Å². The van der Waals surface area contributed by atoms with Gasteiger partial charge in [-0.3, -0.25) is 5.84 Å². The van der Waals surface area contributed by atoms with Gasteiger partial charge in [-0.05, 0) is 48.4 Å². The predicted molar refractivity (Wildman–Crippen MR) is 83.3 cm³/mol. The van der Waals surface area contributed by atoms with Gasteiger partial charge in [-0.2, -0.15) is 0 Å². The Labute approximate surface area is 125 Å². The average molecular weight is 284 g/mol. The van der Waals surface area contributed by atoms with Crippen LogP contribution in [0.1, 0.15) is 53.5 Å². The smallest absolute Gasteiger partial charge is 0.128 e. The van der Waals surface area contributed by atoms with Gasteiger partial charge in [0.25, 0.3) is 0 Å². The number of aryl methyl sites for hydroxylation is 1. The van der Waals surface area contributed by atoms with E-state index in [0.717, 1.165) is 11.1 Å². The number of hydrogen-bond acceptors (Lipinski definition) is 2. The summed E-state index contributed by atoms with van der Waals surface area (Å²) < 4.78 is 14.2. The molecule has 0 spiro atoms. The first-order valence-corrected chi connectivity index (χ1v) is 7.51. The van der Waals surface area contributed by atoms with Crippen molar-refractivity contribution in [3.63, 3.8) is 0 Å². The lowest BCUT2D eigenvalue weighted by atomic mass is 9.79. The molecular formula is C18H21FN2. The lowest BCUT2D eigenvalue weighted by Crippen LogP contribution is -2.29. The van der Waals surface area contributed by atoms with E-state index in [2.05, 4.69) is 17.6 Å². The molecule has 3 heteroatoms. The Hall–Kier alpha value is -1.71. The SMILES string of the molecule is Cc1ccc(C(NN)c2cccc(C3CCC3)c2)c(F)c1. The van der Waals surface area contributed by atoms with Gasteiger partial charge in [0.2, 0.25) is 0 Å². The molecule has 1 atom stereocenters. The first kappa shape index (κ1) is 14.2. The van der Waals surface area contributed by atoms with Crippen LogP contribution in [0.2, 0.25) is 0 Å². The molecule has 0 saturated heterocycles. The minimum absolute atomic E-state index is 0.216. The molecule has 3 N–H and O–H groups in total. The van der Waals surface area contributed by atoms with Gasteiger partial charge in [0.05, 0.1) is 6.04 Å². The zero-order valence-corrected chi connectivity index (χ0v) is 12.3. The van der Waals surface area contributed by atoms with Crippen molar-refractivity contribution in [1.82, 2.24) is 5.43 Å². The van der Waals surface area contributed by atoms with E-state index in [0.29, 0.717) is 11.5 Å². The second-order valence-corrected chi connectivity index (χ2v) is 5.92. The summed E-state index contributed by atoms with van der Waals surface area (Å²) >= 11 is 0. The van der Waals surface area contributed by atoms with Crippen LogP contribution in [0.5, 0.6) is 0 Å². The predicted octanol–water partition coefficient (Wildman–Crippen LogP) is 3.95. The summed E-state index contributed by atoms with van der Waals surface area (Å²) in [6.07, 6.45) is 3.81. The molecule has 2 nitrogen and oxygen atoms in total. The first-order chi connectivity index (χ1) is 10.2. The second-order valence-electron chi connectivity index (χ2n) is 5.92. The third kappa shape index (κ3) is 2.85. The molecule has 3 rings (SSSR count). The molecule has 21 heavy (non-hydrogen) atoms. The van der Waals surface area contributed by atoms with Gasteiger partial charge in [-0.25, -0.2) is 9.82 Å². The lowest BCUT2D eigenvalue weighted by molar-refractivity contribution is 0.419. The second kappa shape index (κ2) is 5.96. The van der Waals surface area contributed by atoms with Crippen LogP contribution < -0.4 is 11.3 Å². The summed E-state index contributed by atoms with van der Waals surface area (Å²) in [7, 11) is 0. The molecule has 1 aliphatic carbocycles. The largest absolute Gasteiger partial charge is 0.271 e. The Morgan fingerprint density at radius 3 is 2.62 bits per heavy atom. The van der Waals surface area contributed by atoms with Crippen LogP contribution in [0.4, 0.5) is 4.39 Å². The van der Waals surface area contributed by atoms with E-state index in [4.69, 9.17) is 5.84 Å². The molecule has 0 amide bonds. The van der Waals surface area contributed by atoms with E-state index >= 15 is 0 Å². The van der Waals surface area contributed by atoms with E-state index in [1.807, 2.05) is 31.2 Å². The number of nitrogens with one attached hydrogen (secondary N) is 1. The summed E-state index contributed by atoms with van der Waals surface area (Å²) in [5.41, 5.74) is 6.62. The van der Waals surface area contributed by atoms with Gasteiger partial charge in [0.15, 0.2) is 0 Å². The molecule has 110 valence electrons. The van der Waals surface area contributed by atoms with Gasteiger partial charge in [0.1, 0.15) is 5.82 Å². The minimum Gasteiger partial charge on any atom is -0.271 e. The molecule has 2 aromatic carbocycles. The van der Waals surface area contributed by atoms with Crippen molar-refractivity contribution in [2.24, 2.45) is 5.84 Å². The monoisotopic (exact) mass is 284 g/mol. The number of rotatable bonds is 4. The minimum atomic E-state index is -0.314. The zero-order valence-electron chi connectivity index (χ0n) is 12.3. The van der Waals surface area contributed by atoms with Crippen molar-refractivity contribution in [3.05, 3.63) is 70.5 Å². The highest BCUT2D eigenvalue weighted by molar-refractivity contribution is 5.37. The van der Waals surface area contributed by atoms with Crippen LogP contribution in [-0.4, -0.2) is 0 Å². The third-order valence-electron chi connectivity index (χ3n) is 4.45. The topological polar surface area (TPSA) is 38.0 Å². The molecule has 1 saturated carbocycles. The molecule has 0 heterocycles. The van der Waals surface area contributed by atoms with Gasteiger partial charge >= 0.3 is 0 Å². The van der Waals surface area contributed by atoms with E-state index < -0.39 is 0 Å². The Kier molecular flexibility index (Phi) is 4.04. The van der Waals surface area contributed by atoms with E-state index in [9.17, 15) is 4.39 Å². The number of hydrogen-bond donors (Lipinski definition) is 2. The molecule has 0 aromatic heterocycles. The Bertz CT molecular complexity index is 635. The number of hydrazine groups is 1. The maximum absolute atomic E-state index is 14.2. The maximum Gasteiger partial charge on any atom is 0.128 e. The Morgan fingerprint density at radius 2 is 2.00 bits per heavy atom. The van der Waals surface area contributed by atoms with Crippen LogP contribution in [0.3, 0.4) is 0 Å². The quantitative estimate of drug-likeness (QED) is 0.659. The standard InChI is InChI=1S/C18H21FN2/c1-12-8-9-16(17(19)10-12)18(21-20)15-7-3-6-14(11-15)13-4-2-5-13/h3,6-11,13,18,21H,2,4-5,20H2,1H3. The van der Waals surface area contributed by atoms with Crippen LogP contribution in [0.25, 0.3) is 0 Å². The van der Waals surface area contributed by atoms with Crippen molar-refractivity contribution in [2.75, 3.05) is 0 Å². The summed E-state index contributed by atoms with van der Waals surface area (Å²) in [6, 6.07) is 13.3. The fraction of sp³-hybridized carbons (Fsp3) is 0.333. The first-order valence-electron chi connectivity index (χ1n) is 7.51. The number of benzene rings is 2. The highest BCUT2D eigenvalue weighted by atomic mass is 19.1. The van der Waals surface area contributed by atoms with Gasteiger partial charge in [-0.1, -0.05) is 42.8 Å². The van der Waals surface area contributed by atoms with E-state index in [-0.39, 0.29) is 11.9 Å². The summed E-state index contributed by atoms with van der Waals surface area (Å²) in [5.74, 6) is 6.14. The molecule has 1 aliphatic rings. The van der Waals surface area contributed by atoms with Gasteiger partial charge in [0, 0.05) is 5.56 Å². The van der Waals surface area contributed by atoms with Crippen LogP contribution in [0.15, 0.2) is 42.5 Å². The Morgan fingerprint density at radius 1 is 1.19 bits per heavy atom. The zero-order chi connectivity index (χ0) is 14.8. The van der Waals surface area contributed by atoms with Crippen molar-refractivity contribution >= 4 is 0 Å². The molecule has 0 bridgehead atoms. The van der Waals surface area contributed by atoms with Gasteiger partial charge < -0.3 is 0 Å². The summed E-state index contributed by atoms with van der Waals surface area (Å²) in [4.78, 5) is 0. The summed E-state index contributed by atoms with van der Waals surface area (Å²) in [5, 5.41) is 0. The molecular weight excluding hydrogens is 263 g/mol. The lowest BCUT2D eigenvalue weighted by Gasteiger charge is -2.27. The molecule has 2 aromatic rings. The van der Waals surface area contributed by atoms with Crippen molar-refractivity contribution < 1.29 is 4.39 Å². The molecule has 0 radical (unpaired) electrons. The summed E-state index contributed by atoms with van der Waals surface area (Å²) in [6.45, 7) is 1.88. The molecule has 1 unspecified atom stereocenters. The Balaban J connectivity index is 1.95. The van der Waals surface area contributed by atoms with Crippen LogP contribution in [-0.2, 0) is 0 Å². The average Bonchev–Trinajstić information content (AvgIpc) is 2.40. The fourth-order valence-electron chi connectivity index (χ4n) is 2.97. The third-order valence-corrected chi connectivity index (χ3v) is 4.45. The molecule has 0 aliphatic heterocycles. The highest BCUT2D eigenvalue weighted by Crippen LogP contribution is 2.37. The number of halogens is 1. The molecule has 1 fully saturated rings. The van der Waals surface area contributed by atoms with Crippen molar-refractivity contribution in [3.8, 4) is 0 Å². The fourth-order valence-corrected chi connectivity index (χ4v) is 2.97. The van der Waals surface area contributed by atoms with Crippen LogP contribution in [0, 0.1) is 12.7 Å². The maximum atomic E-state index is 14.2. The van der Waals surface area contributed by atoms with E-state index in [1.165, 1.54) is 24.8 Å². The van der Waals surface area contributed by atoms with E-state index in [1.54, 1.807) is 6.07 Å². The van der Waals surface area contributed by atoms with Crippen LogP contribution >= 0.6 is 0 Å². The highest BCUT2D eigenvalue weighted by Gasteiger charge is 2.22. The van der Waals surface area contributed by atoms with Crippen molar-refractivity contribution in [1.29, 1.82) is 0 Å². The number of nitrogens with two attached hydrogens (primary N) is 1.